The number of hydrogen-bond acceptors (Lipinski definition) is 5. The van der Waals surface area contributed by atoms with Gasteiger partial charge < -0.3 is 15.4 Å². The third-order valence-corrected chi connectivity index (χ3v) is 4.50. The summed E-state index contributed by atoms with van der Waals surface area (Å²) in [4.78, 5) is 39.0. The molecule has 2 aromatic carbocycles. The Morgan fingerprint density at radius 3 is 2.52 bits per heavy atom. The SMILES string of the molecule is CNc1ccccc1C(=O)OCC(=O)N1c2ccccc2NC(=O)C1(C)C. The number of para-hydroxylation sites is 3. The fourth-order valence-corrected chi connectivity index (χ4v) is 3.05. The molecule has 2 amide bonds. The zero-order valence-corrected chi connectivity index (χ0v) is 15.4. The Kier molecular flexibility index (Phi) is 4.85. The van der Waals surface area contributed by atoms with Gasteiger partial charge in [0.1, 0.15) is 5.54 Å². The number of carbonyl (C=O) groups excluding carboxylic acids is 3. The molecule has 0 fully saturated rings. The summed E-state index contributed by atoms with van der Waals surface area (Å²) in [6.45, 7) is 2.82. The van der Waals surface area contributed by atoms with E-state index in [2.05, 4.69) is 10.6 Å². The van der Waals surface area contributed by atoms with Crippen molar-refractivity contribution in [3.05, 3.63) is 54.1 Å². The fourth-order valence-electron chi connectivity index (χ4n) is 3.05. The summed E-state index contributed by atoms with van der Waals surface area (Å²) in [5.41, 5.74) is 0.948. The number of hydrogen-bond donors (Lipinski definition) is 2. The van der Waals surface area contributed by atoms with E-state index in [9.17, 15) is 14.4 Å². The van der Waals surface area contributed by atoms with Gasteiger partial charge in [0, 0.05) is 12.7 Å². The molecule has 0 atom stereocenters. The number of amides is 2. The molecule has 7 nitrogen and oxygen atoms in total. The number of ether oxygens (including phenoxy) is 1. The van der Waals surface area contributed by atoms with Crippen molar-refractivity contribution in [2.75, 3.05) is 29.2 Å². The summed E-state index contributed by atoms with van der Waals surface area (Å²) in [5, 5.41) is 5.70. The monoisotopic (exact) mass is 367 g/mol. The van der Waals surface area contributed by atoms with Crippen LogP contribution in [0.2, 0.25) is 0 Å². The summed E-state index contributed by atoms with van der Waals surface area (Å²) < 4.78 is 5.23. The lowest BCUT2D eigenvalue weighted by molar-refractivity contribution is -0.128. The van der Waals surface area contributed by atoms with Crippen LogP contribution < -0.4 is 15.5 Å². The molecule has 0 bridgehead atoms. The van der Waals surface area contributed by atoms with Crippen molar-refractivity contribution in [3.63, 3.8) is 0 Å². The minimum Gasteiger partial charge on any atom is -0.452 e. The fraction of sp³-hybridized carbons (Fsp3) is 0.250. The van der Waals surface area contributed by atoms with E-state index in [0.29, 0.717) is 22.6 Å². The summed E-state index contributed by atoms with van der Waals surface area (Å²) in [5.74, 6) is -1.39. The highest BCUT2D eigenvalue weighted by atomic mass is 16.5. The van der Waals surface area contributed by atoms with E-state index in [4.69, 9.17) is 4.74 Å². The molecule has 2 aromatic rings. The smallest absolute Gasteiger partial charge is 0.340 e. The molecule has 0 unspecified atom stereocenters. The van der Waals surface area contributed by atoms with Gasteiger partial charge in [-0.1, -0.05) is 24.3 Å². The maximum absolute atomic E-state index is 12.9. The van der Waals surface area contributed by atoms with Gasteiger partial charge in [0.05, 0.1) is 16.9 Å². The number of nitrogens with zero attached hydrogens (tertiary/aromatic N) is 1. The summed E-state index contributed by atoms with van der Waals surface area (Å²) in [6, 6.07) is 13.9. The van der Waals surface area contributed by atoms with E-state index < -0.39 is 24.0 Å². The second-order valence-electron chi connectivity index (χ2n) is 6.63. The van der Waals surface area contributed by atoms with Crippen LogP contribution in [0.15, 0.2) is 48.5 Å². The first kappa shape index (κ1) is 18.4. The van der Waals surface area contributed by atoms with Crippen LogP contribution in [0.4, 0.5) is 17.1 Å². The third kappa shape index (κ3) is 3.36. The van der Waals surface area contributed by atoms with Crippen molar-refractivity contribution < 1.29 is 19.1 Å². The van der Waals surface area contributed by atoms with Crippen molar-refractivity contribution in [2.24, 2.45) is 0 Å². The van der Waals surface area contributed by atoms with Gasteiger partial charge in [0.25, 0.3) is 5.91 Å². The summed E-state index contributed by atoms with van der Waals surface area (Å²) in [6.07, 6.45) is 0. The zero-order chi connectivity index (χ0) is 19.6. The van der Waals surface area contributed by atoms with Crippen LogP contribution in [0.3, 0.4) is 0 Å². The van der Waals surface area contributed by atoms with Gasteiger partial charge in [-0.25, -0.2) is 4.79 Å². The van der Waals surface area contributed by atoms with Crippen LogP contribution in [0.5, 0.6) is 0 Å². The number of esters is 1. The van der Waals surface area contributed by atoms with Crippen molar-refractivity contribution in [1.29, 1.82) is 0 Å². The van der Waals surface area contributed by atoms with Crippen molar-refractivity contribution in [2.45, 2.75) is 19.4 Å². The van der Waals surface area contributed by atoms with Gasteiger partial charge in [0.15, 0.2) is 6.61 Å². The Morgan fingerprint density at radius 2 is 1.78 bits per heavy atom. The molecule has 1 aliphatic rings. The molecular weight excluding hydrogens is 346 g/mol. The molecule has 7 heteroatoms. The second kappa shape index (κ2) is 7.11. The molecule has 0 saturated heterocycles. The van der Waals surface area contributed by atoms with E-state index >= 15 is 0 Å². The Bertz CT molecular complexity index is 908. The molecule has 0 saturated carbocycles. The number of benzene rings is 2. The molecule has 1 aliphatic heterocycles. The Hall–Kier alpha value is -3.35. The highest BCUT2D eigenvalue weighted by molar-refractivity contribution is 6.14. The van der Waals surface area contributed by atoms with E-state index in [1.807, 2.05) is 0 Å². The predicted molar refractivity (Wildman–Crippen MR) is 103 cm³/mol. The lowest BCUT2D eigenvalue weighted by Crippen LogP contribution is -2.59. The van der Waals surface area contributed by atoms with E-state index in [0.717, 1.165) is 0 Å². The molecule has 0 aromatic heterocycles. The number of carbonyl (C=O) groups is 3. The Morgan fingerprint density at radius 1 is 1.11 bits per heavy atom. The largest absolute Gasteiger partial charge is 0.452 e. The van der Waals surface area contributed by atoms with E-state index in [1.165, 1.54) is 4.90 Å². The summed E-state index contributed by atoms with van der Waals surface area (Å²) in [7, 11) is 1.70. The molecule has 27 heavy (non-hydrogen) atoms. The first-order chi connectivity index (χ1) is 12.9. The normalized spacial score (nSPS) is 14.8. The van der Waals surface area contributed by atoms with Gasteiger partial charge in [0.2, 0.25) is 5.91 Å². The molecule has 0 radical (unpaired) electrons. The minimum absolute atomic E-state index is 0.304. The lowest BCUT2D eigenvalue weighted by Gasteiger charge is -2.41. The van der Waals surface area contributed by atoms with Gasteiger partial charge in [-0.2, -0.15) is 0 Å². The first-order valence-corrected chi connectivity index (χ1v) is 8.53. The van der Waals surface area contributed by atoms with Crippen LogP contribution in [0, 0.1) is 0 Å². The molecule has 2 N–H and O–H groups in total. The molecule has 3 rings (SSSR count). The topological polar surface area (TPSA) is 87.7 Å². The Balaban J connectivity index is 1.81. The van der Waals surface area contributed by atoms with Crippen molar-refractivity contribution in [1.82, 2.24) is 0 Å². The van der Waals surface area contributed by atoms with Crippen LogP contribution in [-0.2, 0) is 14.3 Å². The van der Waals surface area contributed by atoms with Gasteiger partial charge in [-0.05, 0) is 38.1 Å². The van der Waals surface area contributed by atoms with E-state index in [1.54, 1.807) is 69.4 Å². The van der Waals surface area contributed by atoms with Gasteiger partial charge >= 0.3 is 5.97 Å². The maximum Gasteiger partial charge on any atom is 0.340 e. The van der Waals surface area contributed by atoms with Crippen molar-refractivity contribution in [3.8, 4) is 0 Å². The van der Waals surface area contributed by atoms with Crippen LogP contribution in [0.25, 0.3) is 0 Å². The quantitative estimate of drug-likeness (QED) is 0.811. The number of anilines is 3. The highest BCUT2D eigenvalue weighted by Gasteiger charge is 2.43. The molecule has 0 spiro atoms. The van der Waals surface area contributed by atoms with Gasteiger partial charge in [-0.3, -0.25) is 14.5 Å². The average Bonchev–Trinajstić information content (AvgIpc) is 2.66. The zero-order valence-electron chi connectivity index (χ0n) is 15.4. The van der Waals surface area contributed by atoms with Crippen molar-refractivity contribution >= 4 is 34.8 Å². The maximum atomic E-state index is 12.9. The average molecular weight is 367 g/mol. The lowest BCUT2D eigenvalue weighted by atomic mass is 9.96. The number of rotatable bonds is 4. The number of nitrogens with one attached hydrogen (secondary N) is 2. The second-order valence-corrected chi connectivity index (χ2v) is 6.63. The molecule has 0 aliphatic carbocycles. The molecular formula is C20H21N3O4. The highest BCUT2D eigenvalue weighted by Crippen LogP contribution is 2.36. The summed E-state index contributed by atoms with van der Waals surface area (Å²) >= 11 is 0. The Labute approximate surface area is 157 Å². The third-order valence-electron chi connectivity index (χ3n) is 4.50. The molecule has 140 valence electrons. The van der Waals surface area contributed by atoms with E-state index in [-0.39, 0.29) is 5.91 Å². The van der Waals surface area contributed by atoms with Crippen LogP contribution in [0.1, 0.15) is 24.2 Å². The number of fused-ring (bicyclic) bond motifs is 1. The van der Waals surface area contributed by atoms with Crippen LogP contribution in [-0.4, -0.2) is 37.0 Å². The minimum atomic E-state index is -1.11. The molecule has 1 heterocycles. The van der Waals surface area contributed by atoms with Crippen LogP contribution >= 0.6 is 0 Å². The first-order valence-electron chi connectivity index (χ1n) is 8.53. The standard InChI is InChI=1S/C20H21N3O4/c1-20(2)19(26)22-15-10-6-7-11-16(15)23(20)17(24)12-27-18(25)13-8-4-5-9-14(13)21-3/h4-11,21H,12H2,1-3H3,(H,22,26). The predicted octanol–water partition coefficient (Wildman–Crippen LogP) is 2.65. The van der Waals surface area contributed by atoms with Gasteiger partial charge in [-0.15, -0.1) is 0 Å².